The first-order valence-electron chi connectivity index (χ1n) is 6.41. The van der Waals surface area contributed by atoms with E-state index in [-0.39, 0.29) is 18.4 Å². The van der Waals surface area contributed by atoms with Gasteiger partial charge in [0, 0.05) is 10.7 Å². The molecule has 0 bridgehead atoms. The van der Waals surface area contributed by atoms with Gasteiger partial charge in [-0.1, -0.05) is 0 Å². The lowest BCUT2D eigenvalue weighted by atomic mass is 9.97. The number of nitrogens with zero attached hydrogens (tertiary/aromatic N) is 2. The summed E-state index contributed by atoms with van der Waals surface area (Å²) in [5.41, 5.74) is 0. The number of carbonyl (C=O) groups is 2. The van der Waals surface area contributed by atoms with Gasteiger partial charge in [-0.3, -0.25) is 14.5 Å². The number of aliphatic carboxylic acids is 1. The van der Waals surface area contributed by atoms with Gasteiger partial charge < -0.3 is 10.4 Å². The molecule has 1 aliphatic heterocycles. The van der Waals surface area contributed by atoms with Crippen molar-refractivity contribution in [2.24, 2.45) is 5.92 Å². The number of carbonyl (C=O) groups excluding carboxylic acids is 1. The predicted molar refractivity (Wildman–Crippen MR) is 77.4 cm³/mol. The maximum absolute atomic E-state index is 11.9. The second-order valence-corrected chi connectivity index (χ2v) is 5.71. The first kappa shape index (κ1) is 14.9. The Labute approximate surface area is 125 Å². The Balaban J connectivity index is 1.78. The van der Waals surface area contributed by atoms with E-state index in [0.717, 1.165) is 4.47 Å². The minimum atomic E-state index is -0.742. The minimum Gasteiger partial charge on any atom is -0.481 e. The Bertz CT molecular complexity index is 484. The molecule has 6 nitrogen and oxygen atoms in total. The minimum absolute atomic E-state index is 0.131. The Morgan fingerprint density at radius 3 is 2.65 bits per heavy atom. The van der Waals surface area contributed by atoms with Crippen molar-refractivity contribution in [1.82, 2.24) is 9.88 Å². The normalized spacial score (nSPS) is 16.9. The first-order chi connectivity index (χ1) is 9.54. The van der Waals surface area contributed by atoms with Crippen LogP contribution in [0.15, 0.2) is 22.8 Å². The van der Waals surface area contributed by atoms with Gasteiger partial charge >= 0.3 is 5.97 Å². The van der Waals surface area contributed by atoms with Crippen LogP contribution in [0.3, 0.4) is 0 Å². The summed E-state index contributed by atoms with van der Waals surface area (Å²) in [4.78, 5) is 28.7. The zero-order valence-electron chi connectivity index (χ0n) is 10.9. The molecule has 1 aliphatic rings. The summed E-state index contributed by atoms with van der Waals surface area (Å²) < 4.78 is 0.853. The van der Waals surface area contributed by atoms with Gasteiger partial charge in [0.25, 0.3) is 0 Å². The van der Waals surface area contributed by atoms with Gasteiger partial charge in [-0.25, -0.2) is 4.98 Å². The summed E-state index contributed by atoms with van der Waals surface area (Å²) >= 11 is 3.28. The first-order valence-corrected chi connectivity index (χ1v) is 7.20. The number of aromatic nitrogens is 1. The van der Waals surface area contributed by atoms with Gasteiger partial charge in [-0.15, -0.1) is 0 Å². The molecule has 1 aromatic heterocycles. The van der Waals surface area contributed by atoms with E-state index in [2.05, 4.69) is 26.2 Å². The van der Waals surface area contributed by atoms with E-state index in [9.17, 15) is 9.59 Å². The molecule has 1 aromatic rings. The van der Waals surface area contributed by atoms with E-state index in [0.29, 0.717) is 31.7 Å². The standard InChI is InChI=1S/C13H16BrN3O3/c14-10-1-2-11(15-7-10)16-12(18)8-17-5-3-9(4-6-17)13(19)20/h1-2,7,9H,3-6,8H2,(H,19,20)(H,15,16,18). The highest BCUT2D eigenvalue weighted by Crippen LogP contribution is 2.17. The van der Waals surface area contributed by atoms with Crippen molar-refractivity contribution >= 4 is 33.6 Å². The molecular weight excluding hydrogens is 326 g/mol. The largest absolute Gasteiger partial charge is 0.481 e. The number of carboxylic acids is 1. The molecule has 0 saturated carbocycles. The summed E-state index contributed by atoms with van der Waals surface area (Å²) in [7, 11) is 0. The molecular formula is C13H16BrN3O3. The van der Waals surface area contributed by atoms with Gasteiger partial charge in [0.15, 0.2) is 0 Å². The van der Waals surface area contributed by atoms with Crippen molar-refractivity contribution in [3.05, 3.63) is 22.8 Å². The van der Waals surface area contributed by atoms with Crippen molar-refractivity contribution in [2.75, 3.05) is 25.0 Å². The van der Waals surface area contributed by atoms with Crippen LogP contribution in [0, 0.1) is 5.92 Å². The lowest BCUT2D eigenvalue weighted by molar-refractivity contribution is -0.143. The smallest absolute Gasteiger partial charge is 0.306 e. The fourth-order valence-electron chi connectivity index (χ4n) is 2.17. The van der Waals surface area contributed by atoms with E-state index in [1.165, 1.54) is 0 Å². The molecule has 0 radical (unpaired) electrons. The molecule has 1 fully saturated rings. The summed E-state index contributed by atoms with van der Waals surface area (Å²) in [5, 5.41) is 11.6. The van der Waals surface area contributed by atoms with E-state index in [1.807, 2.05) is 4.90 Å². The average Bonchev–Trinajstić information content (AvgIpc) is 2.42. The topological polar surface area (TPSA) is 82.5 Å². The number of rotatable bonds is 4. The number of pyridine rings is 1. The number of hydrogen-bond acceptors (Lipinski definition) is 4. The van der Waals surface area contributed by atoms with E-state index in [4.69, 9.17) is 5.11 Å². The molecule has 0 spiro atoms. The zero-order valence-corrected chi connectivity index (χ0v) is 12.5. The lowest BCUT2D eigenvalue weighted by Crippen LogP contribution is -2.40. The van der Waals surface area contributed by atoms with Gasteiger partial charge in [-0.2, -0.15) is 0 Å². The number of halogens is 1. The summed E-state index contributed by atoms with van der Waals surface area (Å²) in [6, 6.07) is 3.53. The molecule has 0 aliphatic carbocycles. The Hall–Kier alpha value is -1.47. The van der Waals surface area contributed by atoms with Gasteiger partial charge in [0.1, 0.15) is 5.82 Å². The Morgan fingerprint density at radius 2 is 2.10 bits per heavy atom. The fourth-order valence-corrected chi connectivity index (χ4v) is 2.41. The van der Waals surface area contributed by atoms with Gasteiger partial charge in [0.05, 0.1) is 12.5 Å². The number of nitrogens with one attached hydrogen (secondary N) is 1. The highest BCUT2D eigenvalue weighted by atomic mass is 79.9. The molecule has 20 heavy (non-hydrogen) atoms. The van der Waals surface area contributed by atoms with E-state index >= 15 is 0 Å². The molecule has 2 rings (SSSR count). The zero-order chi connectivity index (χ0) is 14.5. The molecule has 0 aromatic carbocycles. The number of carboxylic acid groups (broad SMARTS) is 1. The van der Waals surface area contributed by atoms with Crippen LogP contribution < -0.4 is 5.32 Å². The number of anilines is 1. The van der Waals surface area contributed by atoms with Crippen LogP contribution in [0.5, 0.6) is 0 Å². The number of amides is 1. The second kappa shape index (κ2) is 6.81. The predicted octanol–water partition coefficient (Wildman–Crippen LogP) is 1.58. The van der Waals surface area contributed by atoms with Crippen LogP contribution in [0.1, 0.15) is 12.8 Å². The fraction of sp³-hybridized carbons (Fsp3) is 0.462. The highest BCUT2D eigenvalue weighted by molar-refractivity contribution is 9.10. The quantitative estimate of drug-likeness (QED) is 0.868. The third kappa shape index (κ3) is 4.28. The monoisotopic (exact) mass is 341 g/mol. The number of likely N-dealkylation sites (tertiary alicyclic amines) is 1. The van der Waals surface area contributed by atoms with Crippen LogP contribution in [0.2, 0.25) is 0 Å². The SMILES string of the molecule is O=C(CN1CCC(C(=O)O)CC1)Nc1ccc(Br)cn1. The second-order valence-electron chi connectivity index (χ2n) is 4.80. The molecule has 2 heterocycles. The summed E-state index contributed by atoms with van der Waals surface area (Å²) in [6.45, 7) is 1.54. The van der Waals surface area contributed by atoms with Gasteiger partial charge in [-0.05, 0) is 54.0 Å². The Morgan fingerprint density at radius 1 is 1.40 bits per heavy atom. The van der Waals surface area contributed by atoms with Crippen LogP contribution in [0.25, 0.3) is 0 Å². The van der Waals surface area contributed by atoms with Crippen LogP contribution in [0.4, 0.5) is 5.82 Å². The molecule has 0 atom stereocenters. The Kier molecular flexibility index (Phi) is 5.08. The third-order valence-corrected chi connectivity index (χ3v) is 3.77. The maximum atomic E-state index is 11.9. The third-order valence-electron chi connectivity index (χ3n) is 3.30. The molecule has 1 amide bonds. The van der Waals surface area contributed by atoms with Crippen LogP contribution >= 0.6 is 15.9 Å². The lowest BCUT2D eigenvalue weighted by Gasteiger charge is -2.29. The molecule has 2 N–H and O–H groups in total. The van der Waals surface area contributed by atoms with Crippen LogP contribution in [-0.2, 0) is 9.59 Å². The molecule has 1 saturated heterocycles. The average molecular weight is 342 g/mol. The molecule has 0 unspecified atom stereocenters. The van der Waals surface area contributed by atoms with Gasteiger partial charge in [0.2, 0.25) is 5.91 Å². The highest BCUT2D eigenvalue weighted by Gasteiger charge is 2.25. The van der Waals surface area contributed by atoms with Crippen molar-refractivity contribution in [3.8, 4) is 0 Å². The number of piperidine rings is 1. The molecule has 108 valence electrons. The van der Waals surface area contributed by atoms with E-state index in [1.54, 1.807) is 18.3 Å². The number of hydrogen-bond donors (Lipinski definition) is 2. The maximum Gasteiger partial charge on any atom is 0.306 e. The van der Waals surface area contributed by atoms with Crippen molar-refractivity contribution < 1.29 is 14.7 Å². The van der Waals surface area contributed by atoms with E-state index < -0.39 is 5.97 Å². The van der Waals surface area contributed by atoms with Crippen molar-refractivity contribution in [3.63, 3.8) is 0 Å². The van der Waals surface area contributed by atoms with Crippen molar-refractivity contribution in [2.45, 2.75) is 12.8 Å². The van der Waals surface area contributed by atoms with Crippen LogP contribution in [-0.4, -0.2) is 46.5 Å². The van der Waals surface area contributed by atoms with Crippen molar-refractivity contribution in [1.29, 1.82) is 0 Å². The summed E-state index contributed by atoms with van der Waals surface area (Å²) in [5.74, 6) is -0.636. The molecule has 7 heteroatoms. The summed E-state index contributed by atoms with van der Waals surface area (Å²) in [6.07, 6.45) is 2.81.